The Morgan fingerprint density at radius 1 is 1.40 bits per heavy atom. The van der Waals surface area contributed by atoms with Crippen molar-refractivity contribution in [1.82, 2.24) is 20.2 Å². The molecule has 106 valence electrons. The van der Waals surface area contributed by atoms with Crippen LogP contribution < -0.4 is 0 Å². The summed E-state index contributed by atoms with van der Waals surface area (Å²) < 4.78 is 2.43. The fourth-order valence-corrected chi connectivity index (χ4v) is 2.54. The number of rotatable bonds is 4. The van der Waals surface area contributed by atoms with Gasteiger partial charge in [-0.15, -0.1) is 5.10 Å². The largest absolute Gasteiger partial charge is 0.481 e. The molecule has 0 aliphatic heterocycles. The minimum Gasteiger partial charge on any atom is -0.481 e. The Hall–Kier alpha value is -1.76. The van der Waals surface area contributed by atoms with Gasteiger partial charge in [0, 0.05) is 10.0 Å². The van der Waals surface area contributed by atoms with Crippen molar-refractivity contribution in [2.45, 2.75) is 26.8 Å². The lowest BCUT2D eigenvalue weighted by molar-refractivity contribution is -0.142. The Morgan fingerprint density at radius 3 is 2.70 bits per heavy atom. The van der Waals surface area contributed by atoms with E-state index in [0.29, 0.717) is 5.82 Å². The predicted molar refractivity (Wildman–Crippen MR) is 77.2 cm³/mol. The Kier molecular flexibility index (Phi) is 4.17. The second kappa shape index (κ2) is 5.70. The number of hydrogen-bond acceptors (Lipinski definition) is 4. The van der Waals surface area contributed by atoms with Gasteiger partial charge in [-0.1, -0.05) is 22.0 Å². The molecular formula is C13H15BrN4O2. The Labute approximate surface area is 124 Å². The lowest BCUT2D eigenvalue weighted by atomic mass is 10.0. The van der Waals surface area contributed by atoms with Crippen LogP contribution in [0.1, 0.15) is 25.5 Å². The summed E-state index contributed by atoms with van der Waals surface area (Å²) in [5.74, 6) is -0.902. The van der Waals surface area contributed by atoms with Crippen molar-refractivity contribution in [3.8, 4) is 11.4 Å². The van der Waals surface area contributed by atoms with Crippen molar-refractivity contribution in [3.05, 3.63) is 28.2 Å². The van der Waals surface area contributed by atoms with Crippen molar-refractivity contribution in [2.75, 3.05) is 0 Å². The van der Waals surface area contributed by atoms with Gasteiger partial charge in [-0.2, -0.15) is 0 Å². The van der Waals surface area contributed by atoms with Crippen molar-refractivity contribution in [2.24, 2.45) is 5.92 Å². The number of benzene rings is 1. The second-order valence-electron chi connectivity index (χ2n) is 4.80. The van der Waals surface area contributed by atoms with Crippen LogP contribution in [0.4, 0.5) is 0 Å². The Bertz CT molecular complexity index is 641. The zero-order valence-corrected chi connectivity index (χ0v) is 13.0. The van der Waals surface area contributed by atoms with Crippen LogP contribution in [-0.2, 0) is 4.79 Å². The number of hydrogen-bond donors (Lipinski definition) is 1. The highest BCUT2D eigenvalue weighted by Gasteiger charge is 2.25. The molecule has 1 aromatic carbocycles. The van der Waals surface area contributed by atoms with E-state index in [1.54, 1.807) is 18.5 Å². The lowest BCUT2D eigenvalue weighted by Gasteiger charge is -2.17. The van der Waals surface area contributed by atoms with Crippen molar-refractivity contribution < 1.29 is 9.90 Å². The van der Waals surface area contributed by atoms with Crippen LogP contribution in [0.25, 0.3) is 11.4 Å². The highest BCUT2D eigenvalue weighted by molar-refractivity contribution is 9.10. The fourth-order valence-electron chi connectivity index (χ4n) is 1.86. The van der Waals surface area contributed by atoms with Crippen LogP contribution in [0.15, 0.2) is 22.7 Å². The molecule has 0 amide bonds. The number of halogens is 1. The molecule has 0 saturated heterocycles. The summed E-state index contributed by atoms with van der Waals surface area (Å²) in [6.45, 7) is 5.43. The van der Waals surface area contributed by atoms with E-state index in [1.807, 2.05) is 25.1 Å². The number of aryl methyl sites for hydroxylation is 1. The molecule has 2 rings (SSSR count). The number of carboxylic acid groups (broad SMARTS) is 1. The third kappa shape index (κ3) is 2.72. The lowest BCUT2D eigenvalue weighted by Crippen LogP contribution is -2.23. The third-order valence-electron chi connectivity index (χ3n) is 3.36. The summed E-state index contributed by atoms with van der Waals surface area (Å²) in [5, 5.41) is 20.7. The van der Waals surface area contributed by atoms with Crippen LogP contribution >= 0.6 is 15.9 Å². The van der Waals surface area contributed by atoms with E-state index in [2.05, 4.69) is 31.5 Å². The van der Waals surface area contributed by atoms with Gasteiger partial charge in [0.15, 0.2) is 5.82 Å². The van der Waals surface area contributed by atoms with Gasteiger partial charge in [-0.05, 0) is 48.9 Å². The molecule has 0 fully saturated rings. The maximum absolute atomic E-state index is 11.1. The van der Waals surface area contributed by atoms with E-state index in [1.165, 1.54) is 0 Å². The van der Waals surface area contributed by atoms with Gasteiger partial charge < -0.3 is 5.11 Å². The first-order chi connectivity index (χ1) is 9.41. The molecule has 0 saturated carbocycles. The van der Waals surface area contributed by atoms with Gasteiger partial charge in [0.1, 0.15) is 0 Å². The summed E-state index contributed by atoms with van der Waals surface area (Å²) >= 11 is 3.49. The minimum atomic E-state index is -0.873. The first-order valence-electron chi connectivity index (χ1n) is 6.19. The minimum absolute atomic E-state index is 0.342. The van der Waals surface area contributed by atoms with Gasteiger partial charge in [0.2, 0.25) is 0 Å². The number of carboxylic acids is 1. The molecule has 0 aliphatic rings. The zero-order valence-electron chi connectivity index (χ0n) is 11.4. The second-order valence-corrected chi connectivity index (χ2v) is 5.65. The molecule has 0 bridgehead atoms. The smallest absolute Gasteiger partial charge is 0.308 e. The Morgan fingerprint density at radius 2 is 2.10 bits per heavy atom. The molecule has 2 aromatic rings. The summed E-state index contributed by atoms with van der Waals surface area (Å²) in [5.41, 5.74) is 1.96. The van der Waals surface area contributed by atoms with Crippen LogP contribution in [-0.4, -0.2) is 31.3 Å². The number of carbonyl (C=O) groups is 1. The molecule has 20 heavy (non-hydrogen) atoms. The van der Waals surface area contributed by atoms with Gasteiger partial charge in [0.25, 0.3) is 0 Å². The SMILES string of the molecule is Cc1ccc(-c2nnnn2C(C)C(C)C(=O)O)c(Br)c1. The average molecular weight is 339 g/mol. The van der Waals surface area contributed by atoms with E-state index in [9.17, 15) is 4.79 Å². The maximum Gasteiger partial charge on any atom is 0.308 e. The average Bonchev–Trinajstić information content (AvgIpc) is 2.85. The van der Waals surface area contributed by atoms with E-state index >= 15 is 0 Å². The molecule has 0 spiro atoms. The van der Waals surface area contributed by atoms with Crippen molar-refractivity contribution >= 4 is 21.9 Å². The van der Waals surface area contributed by atoms with E-state index < -0.39 is 11.9 Å². The predicted octanol–water partition coefficient (Wildman–Crippen LogP) is 2.69. The standard InChI is InChI=1S/C13H15BrN4O2/c1-7-4-5-10(11(14)6-7)12-15-16-17-18(12)9(3)8(2)13(19)20/h4-6,8-9H,1-3H3,(H,19,20). The Balaban J connectivity index is 2.45. The number of tetrazole rings is 1. The monoisotopic (exact) mass is 338 g/mol. The topological polar surface area (TPSA) is 80.9 Å². The van der Waals surface area contributed by atoms with Crippen molar-refractivity contribution in [3.63, 3.8) is 0 Å². The van der Waals surface area contributed by atoms with Gasteiger partial charge in [-0.25, -0.2) is 4.68 Å². The molecule has 0 aliphatic carbocycles. The highest BCUT2D eigenvalue weighted by atomic mass is 79.9. The molecule has 2 atom stereocenters. The fraction of sp³-hybridized carbons (Fsp3) is 0.385. The molecule has 6 nitrogen and oxygen atoms in total. The number of aliphatic carboxylic acids is 1. The van der Waals surface area contributed by atoms with Gasteiger partial charge in [-0.3, -0.25) is 4.79 Å². The quantitative estimate of drug-likeness (QED) is 0.926. The van der Waals surface area contributed by atoms with E-state index in [-0.39, 0.29) is 6.04 Å². The van der Waals surface area contributed by atoms with Gasteiger partial charge >= 0.3 is 5.97 Å². The molecule has 1 aromatic heterocycles. The number of nitrogens with zero attached hydrogens (tertiary/aromatic N) is 4. The number of aromatic nitrogens is 4. The van der Waals surface area contributed by atoms with E-state index in [4.69, 9.17) is 5.11 Å². The molecule has 0 radical (unpaired) electrons. The highest BCUT2D eigenvalue weighted by Crippen LogP contribution is 2.30. The van der Waals surface area contributed by atoms with Crippen LogP contribution in [0.3, 0.4) is 0 Å². The molecule has 2 unspecified atom stereocenters. The summed E-state index contributed by atoms with van der Waals surface area (Å²) in [4.78, 5) is 11.1. The summed E-state index contributed by atoms with van der Waals surface area (Å²) in [6.07, 6.45) is 0. The third-order valence-corrected chi connectivity index (χ3v) is 4.01. The van der Waals surface area contributed by atoms with E-state index in [0.717, 1.165) is 15.6 Å². The molecule has 7 heteroatoms. The van der Waals surface area contributed by atoms with Crippen LogP contribution in [0.2, 0.25) is 0 Å². The van der Waals surface area contributed by atoms with Crippen molar-refractivity contribution in [1.29, 1.82) is 0 Å². The summed E-state index contributed by atoms with van der Waals surface area (Å²) in [6, 6.07) is 5.51. The van der Waals surface area contributed by atoms with Crippen LogP contribution in [0.5, 0.6) is 0 Å². The maximum atomic E-state index is 11.1. The molecule has 1 N–H and O–H groups in total. The summed E-state index contributed by atoms with van der Waals surface area (Å²) in [7, 11) is 0. The normalized spacial score (nSPS) is 14.0. The molecule has 1 heterocycles. The first kappa shape index (κ1) is 14.6. The zero-order chi connectivity index (χ0) is 14.9. The first-order valence-corrected chi connectivity index (χ1v) is 6.98. The van der Waals surface area contributed by atoms with Gasteiger partial charge in [0.05, 0.1) is 12.0 Å². The van der Waals surface area contributed by atoms with Crippen LogP contribution in [0, 0.1) is 12.8 Å². The molecular weight excluding hydrogens is 324 g/mol.